The molecule has 0 radical (unpaired) electrons. The number of nitriles is 1. The largest absolute Gasteiger partial charge is 0.383 e. The summed E-state index contributed by atoms with van der Waals surface area (Å²) in [6, 6.07) is 7.49. The Kier molecular flexibility index (Phi) is 7.82. The van der Waals surface area contributed by atoms with E-state index in [2.05, 4.69) is 5.32 Å². The number of nitrogens with zero attached hydrogens (tertiary/aromatic N) is 2. The summed E-state index contributed by atoms with van der Waals surface area (Å²) in [6.07, 6.45) is 1.94. The molecule has 0 saturated carbocycles. The van der Waals surface area contributed by atoms with Gasteiger partial charge >= 0.3 is 0 Å². The maximum atomic E-state index is 12.8. The third-order valence-corrected chi connectivity index (χ3v) is 6.81. The van der Waals surface area contributed by atoms with Gasteiger partial charge in [0.15, 0.2) is 9.84 Å². The number of sulfone groups is 1. The van der Waals surface area contributed by atoms with Crippen LogP contribution in [0.4, 0.5) is 5.69 Å². The maximum Gasteiger partial charge on any atom is 0.267 e. The smallest absolute Gasteiger partial charge is 0.267 e. The van der Waals surface area contributed by atoms with Crippen LogP contribution in [0.3, 0.4) is 0 Å². The number of hydrogen-bond donors (Lipinski definition) is 1. The quantitative estimate of drug-likeness (QED) is 0.514. The summed E-state index contributed by atoms with van der Waals surface area (Å²) in [7, 11) is -1.54. The zero-order valence-corrected chi connectivity index (χ0v) is 18.3. The van der Waals surface area contributed by atoms with Crippen molar-refractivity contribution in [2.45, 2.75) is 39.2 Å². The summed E-state index contributed by atoms with van der Waals surface area (Å²) in [5, 5.41) is 12.5. The molecule has 1 heterocycles. The number of carbonyl (C=O) groups is 1. The van der Waals surface area contributed by atoms with Gasteiger partial charge < -0.3 is 15.0 Å². The first-order valence-corrected chi connectivity index (χ1v) is 11.5. The first-order chi connectivity index (χ1) is 13.7. The number of rotatable bonds is 8. The van der Waals surface area contributed by atoms with Gasteiger partial charge in [0.2, 0.25) is 0 Å². The number of carbonyl (C=O) groups excluding carboxylic acids is 1. The number of aryl methyl sites for hydroxylation is 1. The van der Waals surface area contributed by atoms with Gasteiger partial charge in [0.25, 0.3) is 5.91 Å². The molecule has 1 aliphatic heterocycles. The number of anilines is 1. The monoisotopic (exact) mass is 419 g/mol. The molecule has 1 aromatic rings. The number of nitrogens with one attached hydrogen (secondary N) is 1. The van der Waals surface area contributed by atoms with Crippen LogP contribution in [-0.2, 0) is 19.4 Å². The van der Waals surface area contributed by atoms with E-state index in [1.165, 1.54) is 6.20 Å². The van der Waals surface area contributed by atoms with Crippen molar-refractivity contribution >= 4 is 21.4 Å². The Morgan fingerprint density at radius 2 is 2.17 bits per heavy atom. The summed E-state index contributed by atoms with van der Waals surface area (Å²) in [5.74, 6) is -0.166. The van der Waals surface area contributed by atoms with Crippen molar-refractivity contribution in [2.24, 2.45) is 0 Å². The molecule has 1 atom stereocenters. The van der Waals surface area contributed by atoms with Gasteiger partial charge in [-0.2, -0.15) is 5.26 Å². The molecule has 1 saturated heterocycles. The number of ether oxygens (including phenoxy) is 1. The fourth-order valence-electron chi connectivity index (χ4n) is 3.41. The lowest BCUT2D eigenvalue weighted by molar-refractivity contribution is -0.112. The van der Waals surface area contributed by atoms with Gasteiger partial charge in [-0.05, 0) is 30.4 Å². The van der Waals surface area contributed by atoms with Crippen LogP contribution >= 0.6 is 0 Å². The van der Waals surface area contributed by atoms with Crippen LogP contribution in [0.25, 0.3) is 0 Å². The van der Waals surface area contributed by atoms with Gasteiger partial charge in [-0.15, -0.1) is 0 Å². The van der Waals surface area contributed by atoms with Crippen LogP contribution in [0.1, 0.15) is 37.3 Å². The molecule has 0 spiro atoms. The van der Waals surface area contributed by atoms with E-state index in [1.807, 2.05) is 45.0 Å². The van der Waals surface area contributed by atoms with Gasteiger partial charge in [-0.3, -0.25) is 4.79 Å². The highest BCUT2D eigenvalue weighted by Crippen LogP contribution is 2.28. The van der Waals surface area contributed by atoms with Gasteiger partial charge in [0, 0.05) is 31.6 Å². The highest BCUT2D eigenvalue weighted by molar-refractivity contribution is 7.91. The van der Waals surface area contributed by atoms with Crippen LogP contribution < -0.4 is 5.32 Å². The molecule has 0 aliphatic carbocycles. The molecule has 1 fully saturated rings. The minimum absolute atomic E-state index is 0.0167. The van der Waals surface area contributed by atoms with E-state index in [4.69, 9.17) is 4.74 Å². The molecule has 2 rings (SSSR count). The fourth-order valence-corrected chi connectivity index (χ4v) is 5.16. The second-order valence-electron chi connectivity index (χ2n) is 7.59. The molecule has 1 amide bonds. The zero-order chi connectivity index (χ0) is 21.6. The highest BCUT2D eigenvalue weighted by atomic mass is 32.2. The van der Waals surface area contributed by atoms with Gasteiger partial charge in [0.05, 0.1) is 18.1 Å². The Bertz CT molecular complexity index is 916. The second-order valence-corrected chi connectivity index (χ2v) is 9.82. The Morgan fingerprint density at radius 1 is 1.45 bits per heavy atom. The number of amides is 1. The van der Waals surface area contributed by atoms with E-state index in [-0.39, 0.29) is 29.0 Å². The number of benzene rings is 1. The minimum Gasteiger partial charge on any atom is -0.383 e. The second kappa shape index (κ2) is 9.90. The Morgan fingerprint density at radius 3 is 2.72 bits per heavy atom. The minimum atomic E-state index is -3.09. The van der Waals surface area contributed by atoms with Crippen molar-refractivity contribution in [3.05, 3.63) is 41.1 Å². The zero-order valence-electron chi connectivity index (χ0n) is 17.4. The SMILES string of the molecule is COCCN(/C=C(/C#N)C(=O)Nc1c(C)cccc1C(C)C)C1CCS(=O)(=O)C1. The van der Waals surface area contributed by atoms with E-state index >= 15 is 0 Å². The van der Waals surface area contributed by atoms with Crippen LogP contribution in [0.2, 0.25) is 0 Å². The first kappa shape index (κ1) is 22.9. The fraction of sp³-hybridized carbons (Fsp3) is 0.524. The third-order valence-electron chi connectivity index (χ3n) is 5.06. The summed E-state index contributed by atoms with van der Waals surface area (Å²) in [6.45, 7) is 6.75. The van der Waals surface area contributed by atoms with Crippen LogP contribution in [0, 0.1) is 18.3 Å². The number of hydrogen-bond acceptors (Lipinski definition) is 6. The highest BCUT2D eigenvalue weighted by Gasteiger charge is 2.31. The maximum absolute atomic E-state index is 12.8. The molecule has 1 aromatic carbocycles. The van der Waals surface area contributed by atoms with Gasteiger partial charge in [-0.1, -0.05) is 32.0 Å². The molecule has 158 valence electrons. The average molecular weight is 420 g/mol. The van der Waals surface area contributed by atoms with Crippen molar-refractivity contribution in [3.8, 4) is 6.07 Å². The van der Waals surface area contributed by atoms with E-state index < -0.39 is 15.7 Å². The first-order valence-electron chi connectivity index (χ1n) is 9.66. The molecule has 1 N–H and O–H groups in total. The molecule has 8 heteroatoms. The van der Waals surface area contributed by atoms with Crippen LogP contribution in [-0.4, -0.2) is 57.0 Å². The molecular weight excluding hydrogens is 390 g/mol. The van der Waals surface area contributed by atoms with Crippen molar-refractivity contribution < 1.29 is 17.9 Å². The van der Waals surface area contributed by atoms with Crippen LogP contribution in [0.5, 0.6) is 0 Å². The predicted molar refractivity (Wildman–Crippen MR) is 113 cm³/mol. The van der Waals surface area contributed by atoms with Crippen LogP contribution in [0.15, 0.2) is 30.0 Å². The van der Waals surface area contributed by atoms with E-state index in [1.54, 1.807) is 12.0 Å². The van der Waals surface area contributed by atoms with Gasteiger partial charge in [-0.25, -0.2) is 8.42 Å². The normalized spacial score (nSPS) is 18.5. The Hall–Kier alpha value is -2.37. The van der Waals surface area contributed by atoms with Crippen molar-refractivity contribution in [2.75, 3.05) is 37.1 Å². The van der Waals surface area contributed by atoms with Crippen molar-refractivity contribution in [3.63, 3.8) is 0 Å². The molecule has 1 aliphatic rings. The predicted octanol–water partition coefficient (Wildman–Crippen LogP) is 2.60. The molecule has 29 heavy (non-hydrogen) atoms. The third kappa shape index (κ3) is 6.05. The van der Waals surface area contributed by atoms with Crippen molar-refractivity contribution in [1.29, 1.82) is 5.26 Å². The molecular formula is C21H29N3O4S. The molecule has 7 nitrogen and oxygen atoms in total. The number of methoxy groups -OCH3 is 1. The van der Waals surface area contributed by atoms with E-state index in [0.717, 1.165) is 11.1 Å². The molecule has 0 aromatic heterocycles. The topological polar surface area (TPSA) is 99.5 Å². The van der Waals surface area contributed by atoms with Crippen molar-refractivity contribution in [1.82, 2.24) is 4.90 Å². The standard InChI is InChI=1S/C21H29N3O4S/c1-15(2)19-7-5-6-16(3)20(19)23-21(25)17(12-22)13-24(9-10-28-4)18-8-11-29(26,27)14-18/h5-7,13,15,18H,8-11,14H2,1-4H3,(H,23,25)/b17-13-. The number of para-hydroxylation sites is 1. The lowest BCUT2D eigenvalue weighted by atomic mass is 9.98. The summed E-state index contributed by atoms with van der Waals surface area (Å²) < 4.78 is 28.8. The Balaban J connectivity index is 2.29. The Labute approximate surface area is 173 Å². The lowest BCUT2D eigenvalue weighted by Crippen LogP contribution is -2.35. The molecule has 0 bridgehead atoms. The summed E-state index contributed by atoms with van der Waals surface area (Å²) in [5.41, 5.74) is 2.55. The summed E-state index contributed by atoms with van der Waals surface area (Å²) in [4.78, 5) is 14.6. The van der Waals surface area contributed by atoms with Gasteiger partial charge in [0.1, 0.15) is 11.6 Å². The molecule has 1 unspecified atom stereocenters. The summed E-state index contributed by atoms with van der Waals surface area (Å²) >= 11 is 0. The average Bonchev–Trinajstić information content (AvgIpc) is 3.03. The van der Waals surface area contributed by atoms with E-state index in [0.29, 0.717) is 25.3 Å². The van der Waals surface area contributed by atoms with E-state index in [9.17, 15) is 18.5 Å². The lowest BCUT2D eigenvalue weighted by Gasteiger charge is -2.26.